The lowest BCUT2D eigenvalue weighted by Crippen LogP contribution is -2.55. The first-order chi connectivity index (χ1) is 9.95. The summed E-state index contributed by atoms with van der Waals surface area (Å²) in [5.74, 6) is 3.50. The Morgan fingerprint density at radius 3 is 2.38 bits per heavy atom. The van der Waals surface area contributed by atoms with E-state index in [0.29, 0.717) is 16.9 Å². The molecule has 0 aromatic carbocycles. The Labute approximate surface area is 129 Å². The van der Waals surface area contributed by atoms with E-state index in [9.17, 15) is 5.11 Å². The van der Waals surface area contributed by atoms with Gasteiger partial charge in [0, 0.05) is 6.04 Å². The molecule has 0 heterocycles. The minimum absolute atomic E-state index is 0.0200. The maximum atomic E-state index is 10.1. The van der Waals surface area contributed by atoms with E-state index < -0.39 is 0 Å². The van der Waals surface area contributed by atoms with Crippen molar-refractivity contribution in [2.75, 3.05) is 0 Å². The molecule has 2 heteroatoms. The number of rotatable bonds is 0. The highest BCUT2D eigenvalue weighted by atomic mass is 16.3. The van der Waals surface area contributed by atoms with Crippen LogP contribution in [0.4, 0.5) is 0 Å². The van der Waals surface area contributed by atoms with Gasteiger partial charge in [-0.05, 0) is 92.3 Å². The summed E-state index contributed by atoms with van der Waals surface area (Å²) in [6.45, 7) is 5.06. The van der Waals surface area contributed by atoms with E-state index >= 15 is 0 Å². The van der Waals surface area contributed by atoms with Crippen molar-refractivity contribution in [1.82, 2.24) is 0 Å². The maximum Gasteiger partial charge on any atom is 0.0543 e. The summed E-state index contributed by atoms with van der Waals surface area (Å²) in [6, 6.07) is 0.446. The van der Waals surface area contributed by atoms with Crippen molar-refractivity contribution in [3.63, 3.8) is 0 Å². The molecule has 2 nitrogen and oxygen atoms in total. The average molecular weight is 291 g/mol. The van der Waals surface area contributed by atoms with Gasteiger partial charge < -0.3 is 10.8 Å². The zero-order chi connectivity index (χ0) is 14.8. The predicted molar refractivity (Wildman–Crippen MR) is 85.7 cm³/mol. The maximum absolute atomic E-state index is 10.1. The van der Waals surface area contributed by atoms with Crippen LogP contribution in [0.1, 0.15) is 71.6 Å². The van der Waals surface area contributed by atoms with Crippen molar-refractivity contribution in [3.8, 4) is 0 Å². The van der Waals surface area contributed by atoms with Crippen molar-refractivity contribution in [3.05, 3.63) is 0 Å². The Bertz CT molecular complexity index is 424. The van der Waals surface area contributed by atoms with Crippen LogP contribution in [0.15, 0.2) is 0 Å². The predicted octanol–water partition coefficient (Wildman–Crippen LogP) is 3.72. The van der Waals surface area contributed by atoms with Crippen LogP contribution in [0.25, 0.3) is 0 Å². The molecule has 21 heavy (non-hydrogen) atoms. The highest BCUT2D eigenvalue weighted by molar-refractivity contribution is 5.10. The third-order valence-corrected chi connectivity index (χ3v) is 8.71. The van der Waals surface area contributed by atoms with Gasteiger partial charge in [-0.25, -0.2) is 0 Å². The summed E-state index contributed by atoms with van der Waals surface area (Å²) in [4.78, 5) is 0. The van der Waals surface area contributed by atoms with Crippen LogP contribution in [0.3, 0.4) is 0 Å². The molecule has 0 amide bonds. The number of aliphatic hydroxyl groups is 1. The third-order valence-electron chi connectivity index (χ3n) is 8.71. The van der Waals surface area contributed by atoms with Crippen molar-refractivity contribution in [1.29, 1.82) is 0 Å². The molecule has 0 radical (unpaired) electrons. The summed E-state index contributed by atoms with van der Waals surface area (Å²) in [7, 11) is 0. The second-order valence-corrected chi connectivity index (χ2v) is 9.31. The number of aliphatic hydroxyl groups excluding tert-OH is 1. The first-order valence-corrected chi connectivity index (χ1v) is 9.39. The van der Waals surface area contributed by atoms with Crippen LogP contribution < -0.4 is 5.73 Å². The van der Waals surface area contributed by atoms with Gasteiger partial charge in [0.2, 0.25) is 0 Å². The van der Waals surface area contributed by atoms with E-state index in [4.69, 9.17) is 5.73 Å². The Morgan fingerprint density at radius 1 is 0.857 bits per heavy atom. The first kappa shape index (κ1) is 14.5. The monoisotopic (exact) mass is 291 g/mol. The lowest BCUT2D eigenvalue weighted by Gasteiger charge is -2.60. The van der Waals surface area contributed by atoms with Crippen molar-refractivity contribution >= 4 is 0 Å². The van der Waals surface area contributed by atoms with Crippen LogP contribution in [0.5, 0.6) is 0 Å². The highest BCUT2D eigenvalue weighted by Crippen LogP contribution is 2.65. The van der Waals surface area contributed by atoms with Gasteiger partial charge in [0.15, 0.2) is 0 Å². The van der Waals surface area contributed by atoms with Crippen molar-refractivity contribution in [2.24, 2.45) is 40.2 Å². The molecule has 3 N–H and O–H groups in total. The molecular weight excluding hydrogens is 258 g/mol. The Morgan fingerprint density at radius 2 is 1.57 bits per heavy atom. The van der Waals surface area contributed by atoms with E-state index in [0.717, 1.165) is 36.5 Å². The fraction of sp³-hybridized carbons (Fsp3) is 1.00. The topological polar surface area (TPSA) is 46.2 Å². The van der Waals surface area contributed by atoms with Gasteiger partial charge in [0.05, 0.1) is 6.10 Å². The Hall–Kier alpha value is -0.0800. The standard InChI is InChI=1S/C19H33NO/c1-18-9-7-13(21)11-12(18)3-4-14-15-5-6-17(20)19(15,2)10-8-16(14)18/h12-17,21H,3-11,20H2,1-2H3/t12-,13+,14+,15-,16-,17+,18-,19+/m1/s1. The fourth-order valence-electron chi connectivity index (χ4n) is 7.28. The van der Waals surface area contributed by atoms with E-state index in [-0.39, 0.29) is 6.10 Å². The van der Waals surface area contributed by atoms with Crippen molar-refractivity contribution < 1.29 is 5.11 Å². The van der Waals surface area contributed by atoms with Gasteiger partial charge in [0.1, 0.15) is 0 Å². The Balaban J connectivity index is 1.62. The minimum Gasteiger partial charge on any atom is -0.393 e. The van der Waals surface area contributed by atoms with Gasteiger partial charge in [-0.2, -0.15) is 0 Å². The molecule has 0 bridgehead atoms. The molecule has 4 fully saturated rings. The number of hydrogen-bond donors (Lipinski definition) is 2. The Kier molecular flexibility index (Phi) is 3.25. The molecule has 4 aliphatic rings. The molecule has 0 saturated heterocycles. The molecule has 120 valence electrons. The van der Waals surface area contributed by atoms with Gasteiger partial charge in [-0.15, -0.1) is 0 Å². The largest absolute Gasteiger partial charge is 0.393 e. The van der Waals surface area contributed by atoms with Gasteiger partial charge in [-0.1, -0.05) is 13.8 Å². The lowest BCUT2D eigenvalue weighted by atomic mass is 9.45. The van der Waals surface area contributed by atoms with E-state index in [1.165, 1.54) is 44.9 Å². The molecular formula is C19H33NO. The van der Waals surface area contributed by atoms with Gasteiger partial charge in [0.25, 0.3) is 0 Å². The normalized spacial score (nSPS) is 60.0. The molecule has 0 unspecified atom stereocenters. The molecule has 4 saturated carbocycles. The second kappa shape index (κ2) is 4.71. The van der Waals surface area contributed by atoms with Crippen LogP contribution in [-0.4, -0.2) is 17.3 Å². The smallest absolute Gasteiger partial charge is 0.0543 e. The second-order valence-electron chi connectivity index (χ2n) is 9.31. The third kappa shape index (κ3) is 1.91. The van der Waals surface area contributed by atoms with Crippen LogP contribution in [0, 0.1) is 34.5 Å². The quantitative estimate of drug-likeness (QED) is 0.714. The number of nitrogens with two attached hydrogens (primary N) is 1. The molecule has 0 spiro atoms. The summed E-state index contributed by atoms with van der Waals surface area (Å²) in [6.07, 6.45) is 11.5. The van der Waals surface area contributed by atoms with Crippen LogP contribution >= 0.6 is 0 Å². The average Bonchev–Trinajstić information content (AvgIpc) is 2.76. The fourth-order valence-corrected chi connectivity index (χ4v) is 7.28. The summed E-state index contributed by atoms with van der Waals surface area (Å²) < 4.78 is 0. The summed E-state index contributed by atoms with van der Waals surface area (Å²) >= 11 is 0. The van der Waals surface area contributed by atoms with Gasteiger partial charge >= 0.3 is 0 Å². The number of hydrogen-bond acceptors (Lipinski definition) is 2. The van der Waals surface area contributed by atoms with Crippen LogP contribution in [0.2, 0.25) is 0 Å². The minimum atomic E-state index is -0.0200. The van der Waals surface area contributed by atoms with Gasteiger partial charge in [-0.3, -0.25) is 0 Å². The van der Waals surface area contributed by atoms with E-state index in [1.54, 1.807) is 0 Å². The highest BCUT2D eigenvalue weighted by Gasteiger charge is 2.59. The molecule has 4 aliphatic carbocycles. The zero-order valence-electron chi connectivity index (χ0n) is 13.9. The lowest BCUT2D eigenvalue weighted by molar-refractivity contribution is -0.122. The zero-order valence-corrected chi connectivity index (χ0v) is 13.9. The molecule has 0 aromatic rings. The molecule has 0 aliphatic heterocycles. The molecule has 8 atom stereocenters. The number of fused-ring (bicyclic) bond motifs is 5. The first-order valence-electron chi connectivity index (χ1n) is 9.39. The summed E-state index contributed by atoms with van der Waals surface area (Å²) in [5, 5.41) is 10.1. The van der Waals surface area contributed by atoms with E-state index in [2.05, 4.69) is 13.8 Å². The van der Waals surface area contributed by atoms with Crippen LogP contribution in [-0.2, 0) is 0 Å². The summed E-state index contributed by atoms with van der Waals surface area (Å²) in [5.41, 5.74) is 7.43. The molecule has 4 rings (SSSR count). The SMILES string of the molecule is C[C@]12CC[C@@H]3[C@@H](CC[C@@H]4C[C@@H](O)CC[C@]43C)[C@H]1CC[C@@H]2N. The van der Waals surface area contributed by atoms with Crippen molar-refractivity contribution in [2.45, 2.75) is 83.8 Å². The van der Waals surface area contributed by atoms with E-state index in [1.807, 2.05) is 0 Å². The molecule has 0 aromatic heterocycles.